The van der Waals surface area contributed by atoms with Crippen molar-refractivity contribution in [3.8, 4) is 0 Å². The van der Waals surface area contributed by atoms with Gasteiger partial charge in [0.15, 0.2) is 11.3 Å². The number of nitrogens with one attached hydrogen (secondary N) is 2. The number of fused-ring (bicyclic) bond motifs is 3. The second-order valence-corrected chi connectivity index (χ2v) is 8.29. The van der Waals surface area contributed by atoms with Crippen LogP contribution < -0.4 is 34.7 Å². The van der Waals surface area contributed by atoms with Crippen LogP contribution in [0.15, 0.2) is 36.4 Å². The van der Waals surface area contributed by atoms with E-state index in [2.05, 4.69) is 55.2 Å². The molecule has 4 rings (SSSR count). The number of likely N-dealkylation sites (tertiary alicyclic amines) is 1. The van der Waals surface area contributed by atoms with E-state index in [-0.39, 0.29) is 30.4 Å². The zero-order chi connectivity index (χ0) is 16.6. The lowest BCUT2D eigenvalue weighted by Crippen LogP contribution is -3.13. The molecule has 0 unspecified atom stereocenters. The molecule has 2 aromatic rings. The van der Waals surface area contributed by atoms with Crippen LogP contribution in [0.1, 0.15) is 50.7 Å². The Balaban J connectivity index is 0.00000121. The van der Waals surface area contributed by atoms with Crippen molar-refractivity contribution < 1.29 is 34.7 Å². The van der Waals surface area contributed by atoms with E-state index in [4.69, 9.17) is 0 Å². The van der Waals surface area contributed by atoms with Crippen LogP contribution in [0.25, 0.3) is 10.8 Å². The van der Waals surface area contributed by atoms with Crippen LogP contribution in [0, 0.1) is 0 Å². The first kappa shape index (κ1) is 21.2. The highest BCUT2D eigenvalue weighted by Gasteiger charge is 2.34. The molecule has 1 fully saturated rings. The van der Waals surface area contributed by atoms with Gasteiger partial charge < -0.3 is 29.7 Å². The zero-order valence-electron chi connectivity index (χ0n) is 15.9. The van der Waals surface area contributed by atoms with Gasteiger partial charge in [-0.2, -0.15) is 0 Å². The Labute approximate surface area is 169 Å². The molecule has 0 spiro atoms. The van der Waals surface area contributed by atoms with Crippen molar-refractivity contribution in [2.45, 2.75) is 51.5 Å². The van der Waals surface area contributed by atoms with Gasteiger partial charge in [-0.05, 0) is 41.7 Å². The Morgan fingerprint density at radius 1 is 0.962 bits per heavy atom. The molecule has 0 bridgehead atoms. The largest absolute Gasteiger partial charge is 1.00 e. The van der Waals surface area contributed by atoms with Gasteiger partial charge in [0.1, 0.15) is 0 Å². The topological polar surface area (TPSA) is 18.4 Å². The lowest BCUT2D eigenvalue weighted by atomic mass is 9.83. The predicted octanol–water partition coefficient (Wildman–Crippen LogP) is -4.49. The number of benzene rings is 2. The number of halogens is 2. The molecule has 0 saturated carbocycles. The Kier molecular flexibility index (Phi) is 7.12. The molecule has 2 heterocycles. The van der Waals surface area contributed by atoms with E-state index in [1.807, 2.05) is 0 Å². The van der Waals surface area contributed by atoms with Gasteiger partial charge in [-0.1, -0.05) is 30.3 Å². The predicted molar refractivity (Wildman–Crippen MR) is 101 cm³/mol. The molecule has 2 aromatic carbocycles. The summed E-state index contributed by atoms with van der Waals surface area (Å²) in [5.74, 6) is 0. The van der Waals surface area contributed by atoms with Gasteiger partial charge >= 0.3 is 0 Å². The third kappa shape index (κ3) is 4.42. The summed E-state index contributed by atoms with van der Waals surface area (Å²) in [4.78, 5) is 5.65. The van der Waals surface area contributed by atoms with E-state index in [0.29, 0.717) is 0 Å². The summed E-state index contributed by atoms with van der Waals surface area (Å²) >= 11 is 0. The fourth-order valence-corrected chi connectivity index (χ4v) is 4.57. The normalized spacial score (nSPS) is 19.1. The molecule has 0 aromatic heterocycles. The fraction of sp³-hybridized carbons (Fsp3) is 0.500. The summed E-state index contributed by atoms with van der Waals surface area (Å²) in [5.41, 5.74) is 4.61. The summed E-state index contributed by atoms with van der Waals surface area (Å²) in [7, 11) is 0. The molecule has 0 atom stereocenters. The highest BCUT2D eigenvalue weighted by Crippen LogP contribution is 2.27. The first-order valence-electron chi connectivity index (χ1n) is 9.61. The van der Waals surface area contributed by atoms with Gasteiger partial charge in [-0.25, -0.2) is 4.99 Å². The third-order valence-corrected chi connectivity index (χ3v) is 5.76. The maximum atomic E-state index is 3.86. The molecule has 0 aliphatic carbocycles. The minimum atomic E-state index is 0. The average molecular weight is 393 g/mol. The molecule has 0 amide bonds. The number of quaternary nitrogens is 1. The van der Waals surface area contributed by atoms with Crippen LogP contribution in [0.4, 0.5) is 0 Å². The molecular weight excluding hydrogens is 363 g/mol. The molecule has 0 radical (unpaired) electrons. The lowest BCUT2D eigenvalue weighted by Gasteiger charge is -2.27. The Hall–Kier alpha value is -1.09. The van der Waals surface area contributed by atoms with Crippen molar-refractivity contribution >= 4 is 16.5 Å². The van der Waals surface area contributed by atoms with E-state index in [1.54, 1.807) is 10.5 Å². The standard InChI is InChI=1S/C22H28N2.2ClH/c1-22(2)16-20-18-9-5-4-8-17(18)10-11-19(20)21(23-22)12-15-24-13-6-3-7-14-24;;/h4-5,8-11H,3,6-7,12-16H2,1-2H3;2*1H. The Bertz CT molecular complexity index is 777. The SMILES string of the molecule is CC1(C)Cc2c(ccc3ccccc23)C(CC[NH+]2CCCCC2)=[NH+]1.[Cl-].[Cl-]. The smallest absolute Gasteiger partial charge is 0.188 e. The number of rotatable bonds is 3. The summed E-state index contributed by atoms with van der Waals surface area (Å²) in [6.07, 6.45) is 6.52. The molecule has 2 nitrogen and oxygen atoms in total. The monoisotopic (exact) mass is 392 g/mol. The molecule has 26 heavy (non-hydrogen) atoms. The maximum absolute atomic E-state index is 3.86. The van der Waals surface area contributed by atoms with Crippen LogP contribution in [0.5, 0.6) is 0 Å². The van der Waals surface area contributed by atoms with E-state index in [9.17, 15) is 0 Å². The molecule has 142 valence electrons. The average Bonchev–Trinajstić information content (AvgIpc) is 2.59. The van der Waals surface area contributed by atoms with Gasteiger partial charge in [0.25, 0.3) is 0 Å². The summed E-state index contributed by atoms with van der Waals surface area (Å²) in [6, 6.07) is 13.5. The van der Waals surface area contributed by atoms with E-state index in [0.717, 1.165) is 6.42 Å². The van der Waals surface area contributed by atoms with Crippen molar-refractivity contribution in [1.29, 1.82) is 0 Å². The zero-order valence-corrected chi connectivity index (χ0v) is 17.4. The molecule has 2 aliphatic rings. The first-order chi connectivity index (χ1) is 11.6. The van der Waals surface area contributed by atoms with Crippen LogP contribution in [0.2, 0.25) is 0 Å². The van der Waals surface area contributed by atoms with Gasteiger partial charge in [-0.3, -0.25) is 0 Å². The first-order valence-corrected chi connectivity index (χ1v) is 9.61. The third-order valence-electron chi connectivity index (χ3n) is 5.76. The number of hydrogen-bond donors (Lipinski definition) is 2. The number of hydrogen-bond acceptors (Lipinski definition) is 0. The fourth-order valence-electron chi connectivity index (χ4n) is 4.57. The second-order valence-electron chi connectivity index (χ2n) is 8.29. The number of piperidine rings is 1. The van der Waals surface area contributed by atoms with Crippen molar-refractivity contribution in [1.82, 2.24) is 0 Å². The van der Waals surface area contributed by atoms with Crippen molar-refractivity contribution in [3.63, 3.8) is 0 Å². The van der Waals surface area contributed by atoms with Gasteiger partial charge in [0.05, 0.1) is 26.1 Å². The van der Waals surface area contributed by atoms with Crippen LogP contribution >= 0.6 is 0 Å². The molecule has 4 heteroatoms. The maximum Gasteiger partial charge on any atom is 0.188 e. The Morgan fingerprint density at radius 3 is 2.46 bits per heavy atom. The highest BCUT2D eigenvalue weighted by molar-refractivity contribution is 6.03. The quantitative estimate of drug-likeness (QED) is 0.524. The molecular formula is C22H30Cl2N2. The summed E-state index contributed by atoms with van der Waals surface area (Å²) in [5, 5.41) is 2.81. The minimum Gasteiger partial charge on any atom is -1.00 e. The Morgan fingerprint density at radius 2 is 1.69 bits per heavy atom. The van der Waals surface area contributed by atoms with Crippen molar-refractivity contribution in [3.05, 3.63) is 47.5 Å². The summed E-state index contributed by atoms with van der Waals surface area (Å²) < 4.78 is 0. The van der Waals surface area contributed by atoms with Gasteiger partial charge in [-0.15, -0.1) is 0 Å². The minimum absolute atomic E-state index is 0. The van der Waals surface area contributed by atoms with E-state index in [1.165, 1.54) is 67.4 Å². The molecule has 2 N–H and O–H groups in total. The van der Waals surface area contributed by atoms with Crippen LogP contribution in [-0.4, -0.2) is 30.9 Å². The van der Waals surface area contributed by atoms with Gasteiger partial charge in [0.2, 0.25) is 0 Å². The van der Waals surface area contributed by atoms with Gasteiger partial charge in [0, 0.05) is 25.8 Å². The highest BCUT2D eigenvalue weighted by atomic mass is 35.5. The van der Waals surface area contributed by atoms with Crippen molar-refractivity contribution in [2.75, 3.05) is 19.6 Å². The van der Waals surface area contributed by atoms with E-state index >= 15 is 0 Å². The van der Waals surface area contributed by atoms with Crippen LogP contribution in [0.3, 0.4) is 0 Å². The summed E-state index contributed by atoms with van der Waals surface area (Å²) in [6.45, 7) is 8.67. The van der Waals surface area contributed by atoms with Crippen molar-refractivity contribution in [2.24, 2.45) is 0 Å². The van der Waals surface area contributed by atoms with Crippen LogP contribution in [-0.2, 0) is 6.42 Å². The lowest BCUT2D eigenvalue weighted by molar-refractivity contribution is -0.904. The molecule has 2 aliphatic heterocycles. The molecule has 1 saturated heterocycles. The second kappa shape index (κ2) is 8.73. The van der Waals surface area contributed by atoms with E-state index < -0.39 is 0 Å².